The monoisotopic (exact) mass is 997 g/mol. The minimum atomic E-state index is -3.18. The van der Waals surface area contributed by atoms with Gasteiger partial charge < -0.3 is 26.2 Å². The summed E-state index contributed by atoms with van der Waals surface area (Å²) < 4.78 is 0. The smallest absolute Gasteiger partial charge is 0.341 e. The number of hydrogen-bond donors (Lipinski definition) is 5. The van der Waals surface area contributed by atoms with E-state index >= 15 is 0 Å². The van der Waals surface area contributed by atoms with Crippen molar-refractivity contribution in [1.82, 2.24) is 4.90 Å². The first-order chi connectivity index (χ1) is 33.5. The SMILES string of the molecule is CCCCCCCCCCCCCCCC(=O)C(O)[C@](C(=O)O)(C(=O)CCCCCCCCCCCCCCC)N(C(=O)CCCCCCCCCCCCCCC)C(=O)[C@@H](N)CSCC(O)CO. The van der Waals surface area contributed by atoms with Gasteiger partial charge >= 0.3 is 5.97 Å². The fraction of sp³-hybridized carbons (Fsp3) is 0.912. The number of Topliss-reactive ketones (excluding diaryl/α,β-unsaturated/α-hetero) is 2. The Morgan fingerprint density at radius 1 is 0.464 bits per heavy atom. The average molecular weight is 998 g/mol. The fourth-order valence-corrected chi connectivity index (χ4v) is 10.3. The Bertz CT molecular complexity index is 1270. The molecule has 0 heterocycles. The van der Waals surface area contributed by atoms with E-state index in [1.54, 1.807) is 0 Å². The molecule has 0 aliphatic rings. The highest BCUT2D eigenvalue weighted by Crippen LogP contribution is 2.31. The lowest BCUT2D eigenvalue weighted by atomic mass is 9.79. The largest absolute Gasteiger partial charge is 0.479 e. The molecule has 0 saturated carbocycles. The van der Waals surface area contributed by atoms with Crippen molar-refractivity contribution in [2.45, 2.75) is 314 Å². The van der Waals surface area contributed by atoms with Crippen molar-refractivity contribution in [3.05, 3.63) is 0 Å². The standard InChI is InChI=1S/C57H108N2O9S/c1-4-7-10-13-16-19-22-25-28-31-34-37-40-43-51(62)54(65)57(56(67)68,52(63)44-41-38-35-32-29-26-23-20-17-14-11-8-5-2)59(55(66)50(58)48-69-47-49(61)46-60)53(64)45-42-39-36-33-30-27-24-21-18-15-12-9-6-3/h49-50,54,60-61,65H,4-48,58H2,1-3H3,(H,67,68)/t49?,50-,54?,57-/m0/s1. The van der Waals surface area contributed by atoms with E-state index in [4.69, 9.17) is 5.73 Å². The number of carbonyl (C=O) groups is 5. The molecule has 0 aliphatic carbocycles. The number of hydrogen-bond acceptors (Lipinski definition) is 10. The molecule has 69 heavy (non-hydrogen) atoms. The summed E-state index contributed by atoms with van der Waals surface area (Å²) >= 11 is 1.03. The highest BCUT2D eigenvalue weighted by Gasteiger charge is 2.62. The Balaban J connectivity index is 6.05. The quantitative estimate of drug-likeness (QED) is 0.0287. The number of aliphatic carboxylic acids is 1. The molecule has 6 N–H and O–H groups in total. The third-order valence-electron chi connectivity index (χ3n) is 13.9. The molecule has 11 nitrogen and oxygen atoms in total. The molecule has 0 aromatic heterocycles. The van der Waals surface area contributed by atoms with Gasteiger partial charge in [-0.3, -0.25) is 24.1 Å². The highest BCUT2D eigenvalue weighted by atomic mass is 32.2. The van der Waals surface area contributed by atoms with E-state index < -0.39 is 59.7 Å². The molecular weight excluding hydrogens is 889 g/mol. The summed E-state index contributed by atoms with van der Waals surface area (Å²) in [6, 6.07) is -1.50. The van der Waals surface area contributed by atoms with Crippen LogP contribution in [0.3, 0.4) is 0 Å². The number of rotatable bonds is 53. The number of carboxylic acid groups (broad SMARTS) is 1. The number of nitrogens with two attached hydrogens (primary N) is 1. The van der Waals surface area contributed by atoms with Gasteiger partial charge in [0.05, 0.1) is 18.8 Å². The normalized spacial score (nSPS) is 13.8. The van der Waals surface area contributed by atoms with E-state index in [1.807, 2.05) is 0 Å². The number of thioether (sulfide) groups is 1. The molecule has 406 valence electrons. The summed E-state index contributed by atoms with van der Waals surface area (Å²) in [5.74, 6) is -6.11. The molecule has 0 aromatic carbocycles. The number of nitrogens with zero attached hydrogens (tertiary/aromatic N) is 1. The van der Waals surface area contributed by atoms with Crippen LogP contribution in [0.15, 0.2) is 0 Å². The lowest BCUT2D eigenvalue weighted by Crippen LogP contribution is -2.73. The Morgan fingerprint density at radius 2 is 0.768 bits per heavy atom. The van der Waals surface area contributed by atoms with Gasteiger partial charge in [-0.2, -0.15) is 11.8 Å². The molecule has 12 heteroatoms. The summed E-state index contributed by atoms with van der Waals surface area (Å²) in [7, 11) is 0. The Hall–Kier alpha value is -1.86. The van der Waals surface area contributed by atoms with E-state index in [0.717, 1.165) is 88.8 Å². The maximum absolute atomic E-state index is 14.6. The maximum Gasteiger partial charge on any atom is 0.341 e. The molecule has 0 aliphatic heterocycles. The third kappa shape index (κ3) is 32.8. The predicted octanol–water partition coefficient (Wildman–Crippen LogP) is 13.5. The van der Waals surface area contributed by atoms with Gasteiger partial charge in [0.2, 0.25) is 17.4 Å². The van der Waals surface area contributed by atoms with Crippen molar-refractivity contribution in [3.63, 3.8) is 0 Å². The number of imide groups is 1. The summed E-state index contributed by atoms with van der Waals surface area (Å²) in [6.07, 6.45) is 37.3. The second kappa shape index (κ2) is 47.2. The van der Waals surface area contributed by atoms with Gasteiger partial charge in [0.1, 0.15) is 0 Å². The first-order valence-corrected chi connectivity index (χ1v) is 30.1. The maximum atomic E-state index is 14.6. The molecule has 2 amide bonds. The van der Waals surface area contributed by atoms with Crippen LogP contribution in [0.1, 0.15) is 290 Å². The van der Waals surface area contributed by atoms with E-state index in [-0.39, 0.29) is 37.2 Å². The Morgan fingerprint density at radius 3 is 1.09 bits per heavy atom. The van der Waals surface area contributed by atoms with Crippen molar-refractivity contribution in [1.29, 1.82) is 0 Å². The zero-order valence-electron chi connectivity index (χ0n) is 44.8. The predicted molar refractivity (Wildman–Crippen MR) is 288 cm³/mol. The summed E-state index contributed by atoms with van der Waals surface area (Å²) in [4.78, 5) is 71.5. The number of aliphatic hydroxyl groups is 3. The molecule has 0 fully saturated rings. The summed E-state index contributed by atoms with van der Waals surface area (Å²) in [6.45, 7) is 6.15. The van der Waals surface area contributed by atoms with Gasteiger partial charge in [-0.1, -0.05) is 252 Å². The van der Waals surface area contributed by atoms with Crippen molar-refractivity contribution >= 4 is 41.1 Å². The highest BCUT2D eigenvalue weighted by molar-refractivity contribution is 7.99. The van der Waals surface area contributed by atoms with E-state index in [1.165, 1.54) is 135 Å². The minimum Gasteiger partial charge on any atom is -0.479 e. The topological polar surface area (TPSA) is 196 Å². The van der Waals surface area contributed by atoms with Crippen LogP contribution in [0.4, 0.5) is 0 Å². The van der Waals surface area contributed by atoms with Gasteiger partial charge in [-0.05, 0) is 19.3 Å². The van der Waals surface area contributed by atoms with E-state index in [9.17, 15) is 44.4 Å². The second-order valence-electron chi connectivity index (χ2n) is 20.4. The molecular formula is C57H108N2O9S. The van der Waals surface area contributed by atoms with Crippen molar-refractivity contribution in [3.8, 4) is 0 Å². The van der Waals surface area contributed by atoms with Crippen LogP contribution < -0.4 is 5.73 Å². The molecule has 2 unspecified atom stereocenters. The fourth-order valence-electron chi connectivity index (χ4n) is 9.43. The lowest BCUT2D eigenvalue weighted by molar-refractivity contribution is -0.181. The van der Waals surface area contributed by atoms with Crippen molar-refractivity contribution in [2.24, 2.45) is 5.73 Å². The van der Waals surface area contributed by atoms with Crippen LogP contribution in [-0.4, -0.2) is 96.6 Å². The van der Waals surface area contributed by atoms with Gasteiger partial charge in [0.15, 0.2) is 17.7 Å². The van der Waals surface area contributed by atoms with Gasteiger partial charge in [0.25, 0.3) is 0 Å². The second-order valence-corrected chi connectivity index (χ2v) is 21.5. The molecule has 0 spiro atoms. The van der Waals surface area contributed by atoms with Crippen molar-refractivity contribution in [2.75, 3.05) is 18.1 Å². The van der Waals surface area contributed by atoms with Crippen LogP contribution in [0.2, 0.25) is 0 Å². The Kier molecular flexibility index (Phi) is 45.9. The zero-order valence-corrected chi connectivity index (χ0v) is 45.6. The minimum absolute atomic E-state index is 0.0205. The van der Waals surface area contributed by atoms with E-state index in [2.05, 4.69) is 20.8 Å². The molecule has 0 aromatic rings. The van der Waals surface area contributed by atoms with Gasteiger partial charge in [-0.15, -0.1) is 0 Å². The average Bonchev–Trinajstić information content (AvgIpc) is 3.34. The van der Waals surface area contributed by atoms with E-state index in [0.29, 0.717) is 37.0 Å². The van der Waals surface area contributed by atoms with Gasteiger partial charge in [-0.25, -0.2) is 4.79 Å². The van der Waals surface area contributed by atoms with Crippen LogP contribution in [0.25, 0.3) is 0 Å². The number of unbranched alkanes of at least 4 members (excludes halogenated alkanes) is 36. The first-order valence-electron chi connectivity index (χ1n) is 28.9. The van der Waals surface area contributed by atoms with Crippen LogP contribution in [-0.2, 0) is 24.0 Å². The van der Waals surface area contributed by atoms with Gasteiger partial charge in [0, 0.05) is 30.8 Å². The molecule has 0 rings (SSSR count). The summed E-state index contributed by atoms with van der Waals surface area (Å²) in [5.41, 5.74) is 3.19. The van der Waals surface area contributed by atoms with Crippen LogP contribution in [0.5, 0.6) is 0 Å². The molecule has 0 saturated heterocycles. The number of carboxylic acids is 1. The van der Waals surface area contributed by atoms with Crippen molar-refractivity contribution < 1.29 is 44.4 Å². The number of carbonyl (C=O) groups excluding carboxylic acids is 4. The molecule has 4 atom stereocenters. The Labute approximate surface area is 426 Å². The first kappa shape index (κ1) is 67.1. The summed E-state index contributed by atoms with van der Waals surface area (Å²) in [5, 5.41) is 42.3. The van der Waals surface area contributed by atoms with Crippen LogP contribution >= 0.6 is 11.8 Å². The molecule has 0 radical (unpaired) electrons. The number of aliphatic hydroxyl groups excluding tert-OH is 3. The van der Waals surface area contributed by atoms with Crippen LogP contribution in [0, 0.1) is 0 Å². The number of amides is 2. The zero-order chi connectivity index (χ0) is 51.2. The molecule has 0 bridgehead atoms. The number of ketones is 2. The lowest BCUT2D eigenvalue weighted by Gasteiger charge is -2.41. The third-order valence-corrected chi connectivity index (χ3v) is 15.2.